The van der Waals surface area contributed by atoms with Crippen LogP contribution in [0.4, 0.5) is 4.39 Å². The Kier molecular flexibility index (Phi) is 4.67. The second-order valence-electron chi connectivity index (χ2n) is 3.81. The predicted octanol–water partition coefficient (Wildman–Crippen LogP) is 2.41. The van der Waals surface area contributed by atoms with Crippen LogP contribution >= 0.6 is 11.6 Å². The van der Waals surface area contributed by atoms with Crippen molar-refractivity contribution in [1.82, 2.24) is 4.90 Å². The maximum atomic E-state index is 13.0. The van der Waals surface area contributed by atoms with E-state index >= 15 is 0 Å². The standard InChI is InChI=1S/C12H13ClFNO3/c1-3-10(12(17)18)15(2)11(16)7-4-5-9(14)8(13)6-7/h4-6,10H,3H2,1-2H3,(H,17,18). The fraction of sp³-hybridized carbons (Fsp3) is 0.333. The van der Waals surface area contributed by atoms with E-state index in [1.54, 1.807) is 6.92 Å². The number of benzene rings is 1. The maximum Gasteiger partial charge on any atom is 0.326 e. The zero-order chi connectivity index (χ0) is 13.9. The van der Waals surface area contributed by atoms with E-state index in [2.05, 4.69) is 0 Å². The average Bonchev–Trinajstić information content (AvgIpc) is 2.32. The van der Waals surface area contributed by atoms with Gasteiger partial charge in [-0.05, 0) is 24.6 Å². The van der Waals surface area contributed by atoms with Crippen molar-refractivity contribution in [3.63, 3.8) is 0 Å². The summed E-state index contributed by atoms with van der Waals surface area (Å²) in [6.07, 6.45) is 0.284. The van der Waals surface area contributed by atoms with Crippen LogP contribution in [-0.2, 0) is 4.79 Å². The molecule has 98 valence electrons. The summed E-state index contributed by atoms with van der Waals surface area (Å²) in [5.74, 6) is -2.21. The molecule has 1 amide bonds. The smallest absolute Gasteiger partial charge is 0.326 e. The lowest BCUT2D eigenvalue weighted by Gasteiger charge is -2.23. The SMILES string of the molecule is CCC(C(=O)O)N(C)C(=O)c1ccc(F)c(Cl)c1. The summed E-state index contributed by atoms with van der Waals surface area (Å²) < 4.78 is 13.0. The first-order valence-corrected chi connectivity index (χ1v) is 5.71. The van der Waals surface area contributed by atoms with E-state index in [1.807, 2.05) is 0 Å². The highest BCUT2D eigenvalue weighted by molar-refractivity contribution is 6.31. The van der Waals surface area contributed by atoms with Crippen LogP contribution in [0.15, 0.2) is 18.2 Å². The molecule has 0 bridgehead atoms. The average molecular weight is 274 g/mol. The number of likely N-dealkylation sites (N-methyl/N-ethyl adjacent to an activating group) is 1. The zero-order valence-corrected chi connectivity index (χ0v) is 10.7. The first-order valence-electron chi connectivity index (χ1n) is 5.33. The molecule has 0 aliphatic rings. The van der Waals surface area contributed by atoms with Crippen molar-refractivity contribution in [2.45, 2.75) is 19.4 Å². The molecule has 1 N–H and O–H groups in total. The fourth-order valence-corrected chi connectivity index (χ4v) is 1.77. The van der Waals surface area contributed by atoms with Gasteiger partial charge in [0.25, 0.3) is 5.91 Å². The summed E-state index contributed by atoms with van der Waals surface area (Å²) in [5.41, 5.74) is 0.156. The number of carboxylic acid groups (broad SMARTS) is 1. The van der Waals surface area contributed by atoms with Gasteiger partial charge < -0.3 is 10.0 Å². The highest BCUT2D eigenvalue weighted by Crippen LogP contribution is 2.18. The number of hydrogen-bond acceptors (Lipinski definition) is 2. The van der Waals surface area contributed by atoms with E-state index in [0.717, 1.165) is 11.0 Å². The number of halogens is 2. The summed E-state index contributed by atoms with van der Waals surface area (Å²) in [6, 6.07) is 2.62. The highest BCUT2D eigenvalue weighted by Gasteiger charge is 2.25. The molecule has 6 heteroatoms. The Morgan fingerprint density at radius 1 is 1.50 bits per heavy atom. The van der Waals surface area contributed by atoms with Gasteiger partial charge in [-0.3, -0.25) is 4.79 Å². The van der Waals surface area contributed by atoms with Crippen molar-refractivity contribution in [1.29, 1.82) is 0 Å². The largest absolute Gasteiger partial charge is 0.480 e. The van der Waals surface area contributed by atoms with Gasteiger partial charge in [0, 0.05) is 12.6 Å². The number of nitrogens with zero attached hydrogens (tertiary/aromatic N) is 1. The van der Waals surface area contributed by atoms with Gasteiger partial charge in [-0.15, -0.1) is 0 Å². The zero-order valence-electron chi connectivity index (χ0n) is 9.98. The molecule has 0 aromatic heterocycles. The number of aliphatic carboxylic acids is 1. The van der Waals surface area contributed by atoms with Crippen LogP contribution in [0, 0.1) is 5.82 Å². The molecule has 0 fully saturated rings. The van der Waals surface area contributed by atoms with Gasteiger partial charge in [0.15, 0.2) is 0 Å². The second kappa shape index (κ2) is 5.82. The second-order valence-corrected chi connectivity index (χ2v) is 4.21. The van der Waals surface area contributed by atoms with Crippen LogP contribution in [0.3, 0.4) is 0 Å². The lowest BCUT2D eigenvalue weighted by atomic mass is 10.1. The molecule has 0 heterocycles. The minimum Gasteiger partial charge on any atom is -0.480 e. The Hall–Kier alpha value is -1.62. The van der Waals surface area contributed by atoms with Crippen LogP contribution in [-0.4, -0.2) is 35.0 Å². The molecule has 0 aliphatic heterocycles. The van der Waals surface area contributed by atoms with Crippen LogP contribution in [0.25, 0.3) is 0 Å². The van der Waals surface area contributed by atoms with Crippen LogP contribution in [0.1, 0.15) is 23.7 Å². The first kappa shape index (κ1) is 14.4. The van der Waals surface area contributed by atoms with Gasteiger partial charge in [0.2, 0.25) is 0 Å². The fourth-order valence-electron chi connectivity index (χ4n) is 1.59. The Bertz CT molecular complexity index is 478. The predicted molar refractivity (Wildman–Crippen MR) is 65.2 cm³/mol. The molecule has 1 unspecified atom stereocenters. The van der Waals surface area contributed by atoms with E-state index in [9.17, 15) is 14.0 Å². The van der Waals surface area contributed by atoms with E-state index in [1.165, 1.54) is 19.2 Å². The molecular weight excluding hydrogens is 261 g/mol. The monoisotopic (exact) mass is 273 g/mol. The van der Waals surface area contributed by atoms with Crippen LogP contribution < -0.4 is 0 Å². The maximum absolute atomic E-state index is 13.0. The summed E-state index contributed by atoms with van der Waals surface area (Å²) >= 11 is 5.58. The molecule has 0 aliphatic carbocycles. The summed E-state index contributed by atoms with van der Waals surface area (Å²) in [6.45, 7) is 1.67. The Morgan fingerprint density at radius 2 is 2.11 bits per heavy atom. The molecule has 4 nitrogen and oxygen atoms in total. The van der Waals surface area contributed by atoms with Gasteiger partial charge in [-0.25, -0.2) is 9.18 Å². The molecule has 1 aromatic rings. The first-order chi connectivity index (χ1) is 8.38. The minimum absolute atomic E-state index is 0.156. The molecule has 0 saturated heterocycles. The summed E-state index contributed by atoms with van der Waals surface area (Å²) in [5, 5.41) is 8.79. The van der Waals surface area contributed by atoms with Crippen molar-refractivity contribution in [3.05, 3.63) is 34.6 Å². The Morgan fingerprint density at radius 3 is 2.56 bits per heavy atom. The lowest BCUT2D eigenvalue weighted by molar-refractivity contribution is -0.142. The third kappa shape index (κ3) is 2.98. The van der Waals surface area contributed by atoms with Crippen molar-refractivity contribution < 1.29 is 19.1 Å². The molecule has 1 aromatic carbocycles. The molecule has 1 rings (SSSR count). The van der Waals surface area contributed by atoms with Crippen molar-refractivity contribution >= 4 is 23.5 Å². The number of carboxylic acids is 1. The molecule has 1 atom stereocenters. The van der Waals surface area contributed by atoms with E-state index in [4.69, 9.17) is 16.7 Å². The highest BCUT2D eigenvalue weighted by atomic mass is 35.5. The quantitative estimate of drug-likeness (QED) is 0.916. The topological polar surface area (TPSA) is 57.6 Å². The molecular formula is C12H13ClFNO3. The number of carbonyl (C=O) groups excluding carboxylic acids is 1. The number of amides is 1. The Labute approximate surface area is 109 Å². The van der Waals surface area contributed by atoms with Crippen molar-refractivity contribution in [3.8, 4) is 0 Å². The van der Waals surface area contributed by atoms with E-state index in [-0.39, 0.29) is 17.0 Å². The van der Waals surface area contributed by atoms with E-state index < -0.39 is 23.7 Å². The molecule has 0 saturated carbocycles. The normalized spacial score (nSPS) is 12.0. The summed E-state index contributed by atoms with van der Waals surface area (Å²) in [4.78, 5) is 24.0. The minimum atomic E-state index is -1.08. The third-order valence-corrected chi connectivity index (χ3v) is 2.92. The van der Waals surface area contributed by atoms with Crippen LogP contribution in [0.5, 0.6) is 0 Å². The van der Waals surface area contributed by atoms with Gasteiger partial charge in [0.05, 0.1) is 5.02 Å². The van der Waals surface area contributed by atoms with Gasteiger partial charge in [-0.1, -0.05) is 18.5 Å². The number of rotatable bonds is 4. The third-order valence-electron chi connectivity index (χ3n) is 2.63. The molecule has 0 radical (unpaired) electrons. The Balaban J connectivity index is 2.99. The van der Waals surface area contributed by atoms with Gasteiger partial charge in [0.1, 0.15) is 11.9 Å². The van der Waals surface area contributed by atoms with Crippen LogP contribution in [0.2, 0.25) is 5.02 Å². The number of hydrogen-bond donors (Lipinski definition) is 1. The van der Waals surface area contributed by atoms with Crippen molar-refractivity contribution in [2.75, 3.05) is 7.05 Å². The number of carbonyl (C=O) groups is 2. The molecule has 0 spiro atoms. The van der Waals surface area contributed by atoms with Gasteiger partial charge in [-0.2, -0.15) is 0 Å². The molecule has 18 heavy (non-hydrogen) atoms. The summed E-state index contributed by atoms with van der Waals surface area (Å²) in [7, 11) is 1.39. The van der Waals surface area contributed by atoms with Crippen molar-refractivity contribution in [2.24, 2.45) is 0 Å². The lowest BCUT2D eigenvalue weighted by Crippen LogP contribution is -2.41. The van der Waals surface area contributed by atoms with E-state index in [0.29, 0.717) is 0 Å². The van der Waals surface area contributed by atoms with Gasteiger partial charge >= 0.3 is 5.97 Å².